The fourth-order valence-corrected chi connectivity index (χ4v) is 2.31. The summed E-state index contributed by atoms with van der Waals surface area (Å²) in [5.74, 6) is -0.450. The maximum absolute atomic E-state index is 12.6. The van der Waals surface area contributed by atoms with E-state index in [0.29, 0.717) is 11.4 Å². The first-order valence-corrected chi connectivity index (χ1v) is 7.41. The molecule has 0 atom stereocenters. The summed E-state index contributed by atoms with van der Waals surface area (Å²) in [6, 6.07) is 8.37. The molecule has 0 radical (unpaired) electrons. The lowest BCUT2D eigenvalue weighted by molar-refractivity contribution is -0.120. The fraction of sp³-hybridized carbons (Fsp3) is 0.312. The van der Waals surface area contributed by atoms with Gasteiger partial charge < -0.3 is 10.2 Å². The summed E-state index contributed by atoms with van der Waals surface area (Å²) in [6.07, 6.45) is 0. The van der Waals surface area contributed by atoms with Gasteiger partial charge in [0.1, 0.15) is 5.69 Å². The van der Waals surface area contributed by atoms with Gasteiger partial charge in [0.15, 0.2) is 0 Å². The van der Waals surface area contributed by atoms with Crippen LogP contribution in [0.3, 0.4) is 0 Å². The number of imide groups is 1. The second kappa shape index (κ2) is 7.14. The van der Waals surface area contributed by atoms with Gasteiger partial charge in [-0.1, -0.05) is 18.2 Å². The van der Waals surface area contributed by atoms with Gasteiger partial charge in [0.05, 0.1) is 17.9 Å². The highest BCUT2D eigenvalue weighted by atomic mass is 16.2. The molecule has 1 heterocycles. The second-order valence-electron chi connectivity index (χ2n) is 5.68. The smallest absolute Gasteiger partial charge is 0.301 e. The van der Waals surface area contributed by atoms with E-state index in [-0.39, 0.29) is 17.8 Å². The van der Waals surface area contributed by atoms with Gasteiger partial charge in [-0.25, -0.2) is 9.48 Å². The van der Waals surface area contributed by atoms with Gasteiger partial charge in [-0.3, -0.25) is 19.6 Å². The van der Waals surface area contributed by atoms with E-state index in [0.717, 1.165) is 0 Å². The molecule has 2 rings (SSSR count). The highest BCUT2D eigenvalue weighted by Crippen LogP contribution is 2.13. The number of hydrogen-bond acceptors (Lipinski definition) is 4. The molecular formula is C16H21N5O3. The molecular weight excluding hydrogens is 310 g/mol. The van der Waals surface area contributed by atoms with Gasteiger partial charge >= 0.3 is 6.03 Å². The number of nitrogens with zero attached hydrogens (tertiary/aromatic N) is 3. The Kier molecular flexibility index (Phi) is 5.20. The topological polar surface area (TPSA) is 88.4 Å². The standard InChI is InChI=1S/C16H21N5O3/c1-11-14(18-16(24)17-13(22)10-19(2)3)15(23)21(20(11)4)12-8-6-5-7-9-12/h5-9H,10H2,1-4H3,(H2,17,18,22,24). The number of amides is 3. The predicted molar refractivity (Wildman–Crippen MR) is 91.5 cm³/mol. The molecule has 3 amide bonds. The molecule has 128 valence electrons. The number of urea groups is 1. The van der Waals surface area contributed by atoms with Gasteiger partial charge in [0.2, 0.25) is 5.91 Å². The van der Waals surface area contributed by atoms with Crippen molar-refractivity contribution in [1.82, 2.24) is 19.6 Å². The third kappa shape index (κ3) is 3.72. The molecule has 2 N–H and O–H groups in total. The Hall–Kier alpha value is -2.87. The Morgan fingerprint density at radius 1 is 1.17 bits per heavy atom. The van der Waals surface area contributed by atoms with E-state index in [1.165, 1.54) is 4.68 Å². The summed E-state index contributed by atoms with van der Waals surface area (Å²) in [5, 5.41) is 4.66. The number of aromatic nitrogens is 2. The SMILES string of the molecule is Cc1c(NC(=O)NC(=O)CN(C)C)c(=O)n(-c2ccccc2)n1C. The van der Waals surface area contributed by atoms with Crippen LogP contribution in [0.25, 0.3) is 5.69 Å². The second-order valence-corrected chi connectivity index (χ2v) is 5.68. The maximum atomic E-state index is 12.6. The lowest BCUT2D eigenvalue weighted by Crippen LogP contribution is -2.40. The van der Waals surface area contributed by atoms with Crippen LogP contribution in [0.2, 0.25) is 0 Å². The quantitative estimate of drug-likeness (QED) is 0.863. The van der Waals surface area contributed by atoms with Gasteiger partial charge in [-0.2, -0.15) is 0 Å². The number of hydrogen-bond donors (Lipinski definition) is 2. The van der Waals surface area contributed by atoms with Crippen LogP contribution in [0.4, 0.5) is 10.5 Å². The lowest BCUT2D eigenvalue weighted by atomic mass is 10.3. The Balaban J connectivity index is 2.25. The molecule has 1 aromatic heterocycles. The summed E-state index contributed by atoms with van der Waals surface area (Å²) >= 11 is 0. The molecule has 0 aliphatic carbocycles. The average Bonchev–Trinajstić information content (AvgIpc) is 2.71. The number of anilines is 1. The van der Waals surface area contributed by atoms with Crippen molar-refractivity contribution in [3.05, 3.63) is 46.4 Å². The van der Waals surface area contributed by atoms with E-state index in [1.54, 1.807) is 49.8 Å². The molecule has 0 saturated heterocycles. The maximum Gasteiger partial charge on any atom is 0.326 e. The van der Waals surface area contributed by atoms with Crippen molar-refractivity contribution in [3.8, 4) is 5.69 Å². The van der Waals surface area contributed by atoms with Crippen molar-refractivity contribution in [2.75, 3.05) is 26.0 Å². The zero-order valence-electron chi connectivity index (χ0n) is 14.2. The first kappa shape index (κ1) is 17.5. The van der Waals surface area contributed by atoms with Gasteiger partial charge in [-0.15, -0.1) is 0 Å². The van der Waals surface area contributed by atoms with Crippen molar-refractivity contribution < 1.29 is 9.59 Å². The Bertz CT molecular complexity index is 805. The predicted octanol–water partition coefficient (Wildman–Crippen LogP) is 0.694. The lowest BCUT2D eigenvalue weighted by Gasteiger charge is -2.09. The molecule has 24 heavy (non-hydrogen) atoms. The van der Waals surface area contributed by atoms with Crippen LogP contribution in [-0.4, -0.2) is 46.8 Å². The van der Waals surface area contributed by atoms with Crippen LogP contribution in [-0.2, 0) is 11.8 Å². The number of likely N-dealkylation sites (N-methyl/N-ethyl adjacent to an activating group) is 1. The fourth-order valence-electron chi connectivity index (χ4n) is 2.31. The van der Waals surface area contributed by atoms with Crippen LogP contribution in [0.5, 0.6) is 0 Å². The largest absolute Gasteiger partial charge is 0.326 e. The number of para-hydroxylation sites is 1. The minimum atomic E-state index is -0.729. The molecule has 0 saturated carbocycles. The van der Waals surface area contributed by atoms with E-state index >= 15 is 0 Å². The van der Waals surface area contributed by atoms with E-state index in [4.69, 9.17) is 0 Å². The van der Waals surface area contributed by atoms with Gasteiger partial charge in [-0.05, 0) is 33.2 Å². The normalized spacial score (nSPS) is 10.7. The third-order valence-corrected chi connectivity index (χ3v) is 3.51. The van der Waals surface area contributed by atoms with Gasteiger partial charge in [0.25, 0.3) is 5.56 Å². The van der Waals surface area contributed by atoms with Crippen LogP contribution < -0.4 is 16.2 Å². The van der Waals surface area contributed by atoms with Crippen molar-refractivity contribution in [1.29, 1.82) is 0 Å². The average molecular weight is 331 g/mol. The molecule has 0 bridgehead atoms. The summed E-state index contributed by atoms with van der Waals surface area (Å²) in [6.45, 7) is 1.80. The minimum absolute atomic E-state index is 0.0788. The van der Waals surface area contributed by atoms with Gasteiger partial charge in [0, 0.05) is 7.05 Å². The summed E-state index contributed by atoms with van der Waals surface area (Å²) < 4.78 is 3.10. The van der Waals surface area contributed by atoms with Crippen molar-refractivity contribution in [2.45, 2.75) is 6.92 Å². The summed E-state index contributed by atoms with van der Waals surface area (Å²) in [5.41, 5.74) is 1.04. The zero-order chi connectivity index (χ0) is 17.9. The highest BCUT2D eigenvalue weighted by molar-refractivity contribution is 6.01. The van der Waals surface area contributed by atoms with E-state index in [9.17, 15) is 14.4 Å². The number of carbonyl (C=O) groups excluding carboxylic acids is 2. The summed E-state index contributed by atoms with van der Waals surface area (Å²) in [7, 11) is 5.17. The minimum Gasteiger partial charge on any atom is -0.301 e. The monoisotopic (exact) mass is 331 g/mol. The Labute approximate surface area is 139 Å². The Morgan fingerprint density at radius 3 is 2.38 bits per heavy atom. The van der Waals surface area contributed by atoms with Crippen molar-refractivity contribution >= 4 is 17.6 Å². The van der Waals surface area contributed by atoms with Crippen molar-refractivity contribution in [2.24, 2.45) is 7.05 Å². The Morgan fingerprint density at radius 2 is 1.79 bits per heavy atom. The highest BCUT2D eigenvalue weighted by Gasteiger charge is 2.18. The number of benzene rings is 1. The van der Waals surface area contributed by atoms with Crippen molar-refractivity contribution in [3.63, 3.8) is 0 Å². The first-order chi connectivity index (χ1) is 11.3. The van der Waals surface area contributed by atoms with Crippen LogP contribution in [0.1, 0.15) is 5.69 Å². The molecule has 0 fully saturated rings. The van der Waals surface area contributed by atoms with E-state index in [2.05, 4.69) is 10.6 Å². The molecule has 2 aromatic rings. The molecule has 0 unspecified atom stereocenters. The molecule has 0 aliphatic heterocycles. The molecule has 1 aromatic carbocycles. The van der Waals surface area contributed by atoms with Crippen LogP contribution >= 0.6 is 0 Å². The molecule has 8 nitrogen and oxygen atoms in total. The number of carbonyl (C=O) groups is 2. The summed E-state index contributed by atoms with van der Waals surface area (Å²) in [4.78, 5) is 37.8. The van der Waals surface area contributed by atoms with Crippen LogP contribution in [0, 0.1) is 6.92 Å². The first-order valence-electron chi connectivity index (χ1n) is 7.41. The number of nitrogens with one attached hydrogen (secondary N) is 2. The molecule has 0 aliphatic rings. The zero-order valence-corrected chi connectivity index (χ0v) is 14.2. The third-order valence-electron chi connectivity index (χ3n) is 3.51. The molecule has 8 heteroatoms. The number of rotatable bonds is 4. The van der Waals surface area contributed by atoms with E-state index in [1.807, 2.05) is 18.2 Å². The molecule has 0 spiro atoms. The van der Waals surface area contributed by atoms with E-state index < -0.39 is 11.9 Å². The van der Waals surface area contributed by atoms with Crippen LogP contribution in [0.15, 0.2) is 35.1 Å².